The first-order valence-corrected chi connectivity index (χ1v) is 8.84. The van der Waals surface area contributed by atoms with Crippen LogP contribution in [0.4, 0.5) is 15.8 Å². The van der Waals surface area contributed by atoms with Gasteiger partial charge in [0.1, 0.15) is 5.82 Å². The summed E-state index contributed by atoms with van der Waals surface area (Å²) in [5, 5.41) is 2.56. The van der Waals surface area contributed by atoms with Gasteiger partial charge in [-0.3, -0.25) is 9.59 Å². The maximum absolute atomic E-state index is 13.8. The molecule has 0 aliphatic carbocycles. The first-order chi connectivity index (χ1) is 11.4. The lowest BCUT2D eigenvalue weighted by Crippen LogP contribution is -2.28. The van der Waals surface area contributed by atoms with E-state index >= 15 is 0 Å². The smallest absolute Gasteiger partial charge is 0.229 e. The highest BCUT2D eigenvalue weighted by molar-refractivity contribution is 9.10. The molecule has 0 saturated carbocycles. The molecule has 1 fully saturated rings. The van der Waals surface area contributed by atoms with E-state index in [9.17, 15) is 14.0 Å². The summed E-state index contributed by atoms with van der Waals surface area (Å²) in [4.78, 5) is 26.2. The lowest BCUT2D eigenvalue weighted by molar-refractivity contribution is -0.122. The minimum Gasteiger partial charge on any atom is -0.323 e. The number of halogens is 3. The number of anilines is 2. The second-order valence-corrected chi connectivity index (χ2v) is 7.33. The van der Waals surface area contributed by atoms with E-state index in [1.54, 1.807) is 11.0 Å². The van der Waals surface area contributed by atoms with Gasteiger partial charge < -0.3 is 10.2 Å². The molecule has 1 unspecified atom stereocenters. The minimum atomic E-state index is -0.522. The van der Waals surface area contributed by atoms with Crippen molar-refractivity contribution in [3.63, 3.8) is 0 Å². The van der Waals surface area contributed by atoms with Crippen molar-refractivity contribution in [2.75, 3.05) is 16.8 Å². The summed E-state index contributed by atoms with van der Waals surface area (Å²) in [6.45, 7) is 0.277. The Morgan fingerprint density at radius 3 is 2.62 bits per heavy atom. The van der Waals surface area contributed by atoms with Gasteiger partial charge in [0.2, 0.25) is 11.8 Å². The molecule has 1 N–H and O–H groups in total. The van der Waals surface area contributed by atoms with Gasteiger partial charge in [-0.15, -0.1) is 0 Å². The summed E-state index contributed by atoms with van der Waals surface area (Å²) in [7, 11) is 0. The van der Waals surface area contributed by atoms with Crippen molar-refractivity contribution in [3.05, 3.63) is 57.2 Å². The van der Waals surface area contributed by atoms with E-state index in [4.69, 9.17) is 0 Å². The molecule has 0 bridgehead atoms. The van der Waals surface area contributed by atoms with Crippen LogP contribution in [0.5, 0.6) is 0 Å². The summed E-state index contributed by atoms with van der Waals surface area (Å²) in [6, 6.07) is 11.8. The molecule has 2 aromatic rings. The molecule has 0 radical (unpaired) electrons. The van der Waals surface area contributed by atoms with Crippen LogP contribution in [0.1, 0.15) is 6.42 Å². The van der Waals surface area contributed by atoms with Gasteiger partial charge in [-0.25, -0.2) is 4.39 Å². The Hall–Kier alpha value is -1.73. The quantitative estimate of drug-likeness (QED) is 0.748. The molecule has 0 spiro atoms. The average Bonchev–Trinajstić information content (AvgIpc) is 2.92. The van der Waals surface area contributed by atoms with Crippen LogP contribution >= 0.6 is 31.9 Å². The van der Waals surface area contributed by atoms with E-state index in [0.29, 0.717) is 4.47 Å². The molecule has 7 heteroatoms. The van der Waals surface area contributed by atoms with Gasteiger partial charge in [0.05, 0.1) is 11.6 Å². The molecule has 1 aliphatic heterocycles. The van der Waals surface area contributed by atoms with Crippen LogP contribution in [0, 0.1) is 11.7 Å². The van der Waals surface area contributed by atoms with Gasteiger partial charge in [-0.1, -0.05) is 37.9 Å². The first kappa shape index (κ1) is 17.1. The SMILES string of the molecule is O=C(Nc1ccc(Br)cc1F)C1CC(=O)N(c2cccc(Br)c2)C1. The van der Waals surface area contributed by atoms with Crippen LogP contribution in [-0.4, -0.2) is 18.4 Å². The monoisotopic (exact) mass is 454 g/mol. The fourth-order valence-corrected chi connectivity index (χ4v) is 3.32. The van der Waals surface area contributed by atoms with E-state index in [2.05, 4.69) is 37.2 Å². The van der Waals surface area contributed by atoms with Gasteiger partial charge in [-0.05, 0) is 36.4 Å². The number of carbonyl (C=O) groups excluding carboxylic acids is 2. The second kappa shape index (κ2) is 7.03. The molecule has 1 atom stereocenters. The summed E-state index contributed by atoms with van der Waals surface area (Å²) in [5.74, 6) is -1.52. The standard InChI is InChI=1S/C17H13Br2FN2O2/c18-11-2-1-3-13(7-11)22-9-10(6-16(22)23)17(24)21-15-5-4-12(19)8-14(15)20/h1-5,7-8,10H,6,9H2,(H,21,24). The van der Waals surface area contributed by atoms with Crippen molar-refractivity contribution in [1.29, 1.82) is 0 Å². The predicted molar refractivity (Wildman–Crippen MR) is 97.3 cm³/mol. The fourth-order valence-electron chi connectivity index (χ4n) is 2.60. The largest absolute Gasteiger partial charge is 0.323 e. The minimum absolute atomic E-state index is 0.108. The van der Waals surface area contributed by atoms with Crippen molar-refractivity contribution in [2.24, 2.45) is 5.92 Å². The first-order valence-electron chi connectivity index (χ1n) is 7.26. The van der Waals surface area contributed by atoms with Gasteiger partial charge in [0.15, 0.2) is 0 Å². The molecule has 1 heterocycles. The lowest BCUT2D eigenvalue weighted by atomic mass is 10.1. The Morgan fingerprint density at radius 2 is 1.92 bits per heavy atom. The number of hydrogen-bond donors (Lipinski definition) is 1. The highest BCUT2D eigenvalue weighted by Crippen LogP contribution is 2.28. The predicted octanol–water partition coefficient (Wildman–Crippen LogP) is 4.34. The van der Waals surface area contributed by atoms with E-state index < -0.39 is 11.7 Å². The topological polar surface area (TPSA) is 49.4 Å². The van der Waals surface area contributed by atoms with Crippen molar-refractivity contribution in [2.45, 2.75) is 6.42 Å². The van der Waals surface area contributed by atoms with Crippen LogP contribution in [0.15, 0.2) is 51.4 Å². The highest BCUT2D eigenvalue weighted by Gasteiger charge is 2.35. The van der Waals surface area contributed by atoms with Crippen molar-refractivity contribution in [1.82, 2.24) is 0 Å². The maximum atomic E-state index is 13.8. The fraction of sp³-hybridized carbons (Fsp3) is 0.176. The van der Waals surface area contributed by atoms with Crippen molar-refractivity contribution in [3.8, 4) is 0 Å². The molecule has 3 rings (SSSR count). The Morgan fingerprint density at radius 1 is 1.17 bits per heavy atom. The third-order valence-electron chi connectivity index (χ3n) is 3.80. The normalized spacial score (nSPS) is 17.2. The molecule has 2 amide bonds. The molecule has 1 aliphatic rings. The Bertz CT molecular complexity index is 813. The molecule has 124 valence electrons. The Kier molecular flexibility index (Phi) is 5.01. The Labute approximate surface area is 155 Å². The Balaban J connectivity index is 1.72. The number of nitrogens with one attached hydrogen (secondary N) is 1. The van der Waals surface area contributed by atoms with E-state index in [1.165, 1.54) is 12.1 Å². The zero-order valence-corrected chi connectivity index (χ0v) is 15.6. The van der Waals surface area contributed by atoms with Crippen LogP contribution in [0.3, 0.4) is 0 Å². The molecule has 0 aromatic heterocycles. The molecule has 2 aromatic carbocycles. The summed E-state index contributed by atoms with van der Waals surface area (Å²) < 4.78 is 15.3. The van der Waals surface area contributed by atoms with E-state index in [1.807, 2.05) is 24.3 Å². The third kappa shape index (κ3) is 3.67. The second-order valence-electron chi connectivity index (χ2n) is 5.50. The number of carbonyl (C=O) groups is 2. The number of hydrogen-bond acceptors (Lipinski definition) is 2. The van der Waals surface area contributed by atoms with Crippen LogP contribution < -0.4 is 10.2 Å². The molecular formula is C17H13Br2FN2O2. The number of amides is 2. The zero-order valence-electron chi connectivity index (χ0n) is 12.4. The summed E-state index contributed by atoms with van der Waals surface area (Å²) >= 11 is 6.54. The van der Waals surface area contributed by atoms with Gasteiger partial charge in [-0.2, -0.15) is 0 Å². The van der Waals surface area contributed by atoms with Gasteiger partial charge in [0, 0.05) is 27.6 Å². The van der Waals surface area contributed by atoms with E-state index in [0.717, 1.165) is 10.2 Å². The lowest BCUT2D eigenvalue weighted by Gasteiger charge is -2.17. The van der Waals surface area contributed by atoms with Gasteiger partial charge >= 0.3 is 0 Å². The third-order valence-corrected chi connectivity index (χ3v) is 4.79. The molecule has 4 nitrogen and oxygen atoms in total. The average molecular weight is 456 g/mol. The number of benzene rings is 2. The maximum Gasteiger partial charge on any atom is 0.229 e. The number of rotatable bonds is 3. The number of nitrogens with zero attached hydrogens (tertiary/aromatic N) is 1. The van der Waals surface area contributed by atoms with E-state index in [-0.39, 0.29) is 30.5 Å². The van der Waals surface area contributed by atoms with Crippen molar-refractivity contribution >= 4 is 55.0 Å². The van der Waals surface area contributed by atoms with Crippen LogP contribution in [0.2, 0.25) is 0 Å². The molecule has 24 heavy (non-hydrogen) atoms. The van der Waals surface area contributed by atoms with Crippen molar-refractivity contribution < 1.29 is 14.0 Å². The van der Waals surface area contributed by atoms with Gasteiger partial charge in [0.25, 0.3) is 0 Å². The summed E-state index contributed by atoms with van der Waals surface area (Å²) in [5.41, 5.74) is 0.844. The molecule has 1 saturated heterocycles. The van der Waals surface area contributed by atoms with Crippen LogP contribution in [-0.2, 0) is 9.59 Å². The van der Waals surface area contributed by atoms with Crippen LogP contribution in [0.25, 0.3) is 0 Å². The zero-order chi connectivity index (χ0) is 17.3. The summed E-state index contributed by atoms with van der Waals surface area (Å²) in [6.07, 6.45) is 0.108. The highest BCUT2D eigenvalue weighted by atomic mass is 79.9. The molecular weight excluding hydrogens is 443 g/mol.